The first kappa shape index (κ1) is 33.0. The molecule has 35 heavy (non-hydrogen) atoms. The minimum Gasteiger partial charge on any atom is -0.303 e. The highest BCUT2D eigenvalue weighted by molar-refractivity contribution is 4.69. The van der Waals surface area contributed by atoms with E-state index in [-0.39, 0.29) is 0 Å². The molecule has 210 valence electrons. The van der Waals surface area contributed by atoms with Gasteiger partial charge in [-0.1, -0.05) is 162 Å². The van der Waals surface area contributed by atoms with Crippen molar-refractivity contribution < 1.29 is 0 Å². The molecule has 0 amide bonds. The van der Waals surface area contributed by atoms with Gasteiger partial charge in [0.1, 0.15) is 0 Å². The number of rotatable bonds is 12. The van der Waals surface area contributed by atoms with Crippen LogP contribution in [-0.4, -0.2) is 24.5 Å². The maximum Gasteiger partial charge on any atom is -0.00186 e. The Kier molecular flexibility index (Phi) is 24.1. The summed E-state index contributed by atoms with van der Waals surface area (Å²) in [6.45, 7) is 11.2. The largest absolute Gasteiger partial charge is 0.303 e. The molecule has 1 saturated heterocycles. The van der Waals surface area contributed by atoms with E-state index in [0.29, 0.717) is 0 Å². The van der Waals surface area contributed by atoms with Crippen LogP contribution in [0.3, 0.4) is 0 Å². The quantitative estimate of drug-likeness (QED) is 0.245. The Labute approximate surface area is 224 Å². The van der Waals surface area contributed by atoms with Crippen LogP contribution in [0.5, 0.6) is 0 Å². The molecule has 1 heteroatoms. The van der Waals surface area contributed by atoms with Gasteiger partial charge in [0.25, 0.3) is 0 Å². The topological polar surface area (TPSA) is 3.24 Å². The Morgan fingerprint density at radius 3 is 1.40 bits per heavy atom. The third-order valence-electron chi connectivity index (χ3n) is 8.92. The predicted octanol–water partition coefficient (Wildman–Crippen LogP) is 11.7. The van der Waals surface area contributed by atoms with Gasteiger partial charge < -0.3 is 4.90 Å². The van der Waals surface area contributed by atoms with Gasteiger partial charge in [0, 0.05) is 0 Å². The monoisotopic (exact) mass is 492 g/mol. The lowest BCUT2D eigenvalue weighted by Gasteiger charge is -2.25. The Hall–Kier alpha value is -0.0400. The number of hydrogen-bond donors (Lipinski definition) is 0. The van der Waals surface area contributed by atoms with Crippen LogP contribution in [0.4, 0.5) is 0 Å². The number of hydrogen-bond acceptors (Lipinski definition) is 1. The number of nitrogens with zero attached hydrogens (tertiary/aromatic N) is 1. The van der Waals surface area contributed by atoms with Crippen molar-refractivity contribution in [2.75, 3.05) is 19.6 Å². The Balaban J connectivity index is 2.65. The zero-order valence-corrected chi connectivity index (χ0v) is 25.1. The van der Waals surface area contributed by atoms with Gasteiger partial charge in [-0.25, -0.2) is 0 Å². The molecule has 1 heterocycles. The van der Waals surface area contributed by atoms with Gasteiger partial charge in [0.2, 0.25) is 0 Å². The van der Waals surface area contributed by atoms with Crippen molar-refractivity contribution in [3.05, 3.63) is 0 Å². The Morgan fingerprint density at radius 1 is 0.429 bits per heavy atom. The van der Waals surface area contributed by atoms with E-state index >= 15 is 0 Å². The molecule has 1 aliphatic heterocycles. The molecule has 0 bridgehead atoms. The lowest BCUT2D eigenvalue weighted by Crippen LogP contribution is -2.27. The summed E-state index contributed by atoms with van der Waals surface area (Å²) in [4.78, 5) is 2.85. The molecule has 1 rings (SSSR count). The molecule has 0 saturated carbocycles. The van der Waals surface area contributed by atoms with E-state index in [1.165, 1.54) is 187 Å². The van der Waals surface area contributed by atoms with E-state index < -0.39 is 0 Å². The van der Waals surface area contributed by atoms with Crippen molar-refractivity contribution >= 4 is 0 Å². The van der Waals surface area contributed by atoms with E-state index in [2.05, 4.69) is 25.7 Å². The van der Waals surface area contributed by atoms with Gasteiger partial charge in [-0.15, -0.1) is 0 Å². The van der Waals surface area contributed by atoms with Crippen molar-refractivity contribution in [3.63, 3.8) is 0 Å². The van der Waals surface area contributed by atoms with Crippen LogP contribution in [0.2, 0.25) is 0 Å². The molecule has 0 spiro atoms. The van der Waals surface area contributed by atoms with Gasteiger partial charge in [-0.3, -0.25) is 0 Å². The fraction of sp³-hybridized carbons (Fsp3) is 1.00. The third kappa shape index (κ3) is 20.7. The molecule has 1 aliphatic rings. The zero-order chi connectivity index (χ0) is 25.2. The minimum absolute atomic E-state index is 0.998. The maximum atomic E-state index is 2.85. The molecule has 1 fully saturated rings. The Bertz CT molecular complexity index is 405. The van der Waals surface area contributed by atoms with Crippen LogP contribution in [0, 0.1) is 11.8 Å². The number of unbranched alkanes of at least 4 members (excludes halogenated alkanes) is 6. The lowest BCUT2D eigenvalue weighted by atomic mass is 9.84. The molecule has 0 aromatic heterocycles. The highest BCUT2D eigenvalue weighted by atomic mass is 15.1. The van der Waals surface area contributed by atoms with Crippen LogP contribution in [0.15, 0.2) is 0 Å². The van der Waals surface area contributed by atoms with Crippen molar-refractivity contribution in [1.82, 2.24) is 4.90 Å². The normalized spacial score (nSPS) is 23.7. The van der Waals surface area contributed by atoms with Crippen LogP contribution in [-0.2, 0) is 0 Å². The summed E-state index contributed by atoms with van der Waals surface area (Å²) in [5, 5.41) is 0. The summed E-state index contributed by atoms with van der Waals surface area (Å²) in [5.41, 5.74) is 0. The maximum absolute atomic E-state index is 2.85. The fourth-order valence-corrected chi connectivity index (χ4v) is 6.41. The second-order valence-corrected chi connectivity index (χ2v) is 12.3. The van der Waals surface area contributed by atoms with Crippen LogP contribution in [0.1, 0.15) is 188 Å². The van der Waals surface area contributed by atoms with E-state index in [1.54, 1.807) is 0 Å². The average Bonchev–Trinajstić information content (AvgIpc) is 2.86. The van der Waals surface area contributed by atoms with Crippen LogP contribution in [0.25, 0.3) is 0 Å². The first-order valence-corrected chi connectivity index (χ1v) is 17.0. The summed E-state index contributed by atoms with van der Waals surface area (Å²) in [7, 11) is 0. The fourth-order valence-electron chi connectivity index (χ4n) is 6.41. The molecular formula is C34H69N. The van der Waals surface area contributed by atoms with E-state index in [0.717, 1.165) is 11.8 Å². The van der Waals surface area contributed by atoms with Crippen LogP contribution < -0.4 is 0 Å². The molecule has 0 N–H and O–H groups in total. The predicted molar refractivity (Wildman–Crippen MR) is 160 cm³/mol. The summed E-state index contributed by atoms with van der Waals surface area (Å²) in [6, 6.07) is 0. The molecule has 0 aliphatic carbocycles. The van der Waals surface area contributed by atoms with Crippen molar-refractivity contribution in [3.8, 4) is 0 Å². The lowest BCUT2D eigenvalue weighted by molar-refractivity contribution is 0.241. The highest BCUT2D eigenvalue weighted by Gasteiger charge is 2.15. The first-order chi connectivity index (χ1) is 17.3. The molecule has 0 aromatic rings. The van der Waals surface area contributed by atoms with Gasteiger partial charge in [0.05, 0.1) is 0 Å². The molecular weight excluding hydrogens is 422 g/mol. The molecule has 1 nitrogen and oxygen atoms in total. The van der Waals surface area contributed by atoms with E-state index in [9.17, 15) is 0 Å². The van der Waals surface area contributed by atoms with Crippen molar-refractivity contribution in [2.45, 2.75) is 188 Å². The molecule has 0 aromatic carbocycles. The van der Waals surface area contributed by atoms with Crippen molar-refractivity contribution in [1.29, 1.82) is 0 Å². The van der Waals surface area contributed by atoms with Gasteiger partial charge >= 0.3 is 0 Å². The smallest absolute Gasteiger partial charge is 0.00186 e. The summed E-state index contributed by atoms with van der Waals surface area (Å²) in [5.74, 6) is 2.02. The second-order valence-electron chi connectivity index (χ2n) is 12.3. The molecule has 2 unspecified atom stereocenters. The van der Waals surface area contributed by atoms with Gasteiger partial charge in [-0.2, -0.15) is 0 Å². The first-order valence-electron chi connectivity index (χ1n) is 17.0. The SMILES string of the molecule is CCCCCC1CCCCCCCCCCCCN(CCCCC)CCCC(CCCCC)CC1. The second kappa shape index (κ2) is 25.6. The van der Waals surface area contributed by atoms with E-state index in [1.807, 2.05) is 0 Å². The minimum atomic E-state index is 0.998. The van der Waals surface area contributed by atoms with E-state index in [4.69, 9.17) is 0 Å². The highest BCUT2D eigenvalue weighted by Crippen LogP contribution is 2.29. The summed E-state index contributed by atoms with van der Waals surface area (Å²) < 4.78 is 0. The average molecular weight is 492 g/mol. The van der Waals surface area contributed by atoms with Gasteiger partial charge in [0.15, 0.2) is 0 Å². The molecule has 2 atom stereocenters. The molecule has 0 radical (unpaired) electrons. The summed E-state index contributed by atoms with van der Waals surface area (Å²) in [6.07, 6.45) is 38.1. The van der Waals surface area contributed by atoms with Crippen molar-refractivity contribution in [2.24, 2.45) is 11.8 Å². The standard InChI is InChI=1S/C34H69N/c1-4-7-18-24-33-26-20-16-14-12-10-11-13-15-17-22-31-35(30-21-9-6-3)32-23-27-34(29-28-33)25-19-8-5-2/h33-34H,4-32H2,1-3H3. The van der Waals surface area contributed by atoms with Crippen LogP contribution >= 0.6 is 0 Å². The van der Waals surface area contributed by atoms with Gasteiger partial charge in [-0.05, 0) is 57.2 Å². The summed E-state index contributed by atoms with van der Waals surface area (Å²) >= 11 is 0. The Morgan fingerprint density at radius 2 is 0.857 bits per heavy atom. The zero-order valence-electron chi connectivity index (χ0n) is 25.1. The third-order valence-corrected chi connectivity index (χ3v) is 8.92.